The minimum Gasteiger partial charge on any atom is -0.494 e. The second-order valence-electron chi connectivity index (χ2n) is 8.14. The van der Waals surface area contributed by atoms with Gasteiger partial charge >= 0.3 is 6.03 Å². The Morgan fingerprint density at radius 1 is 1.03 bits per heavy atom. The van der Waals surface area contributed by atoms with Gasteiger partial charge in [-0.15, -0.1) is 0 Å². The summed E-state index contributed by atoms with van der Waals surface area (Å²) in [6, 6.07) is 18.3. The average Bonchev–Trinajstić information content (AvgIpc) is 3.34. The number of halogens is 2. The molecule has 1 aliphatic heterocycles. The number of rotatable bonds is 6. The maximum atomic E-state index is 14.0. The maximum absolute atomic E-state index is 14.0. The molecule has 5 rings (SSSR count). The number of nitrogens with zero attached hydrogens (tertiary/aromatic N) is 3. The Kier molecular flexibility index (Phi) is 6.20. The molecule has 1 aromatic heterocycles. The average molecular weight is 488 g/mol. The van der Waals surface area contributed by atoms with E-state index in [2.05, 4.69) is 15.5 Å². The third-order valence-corrected chi connectivity index (χ3v) is 5.80. The highest BCUT2D eigenvalue weighted by Gasteiger charge is 2.36. The van der Waals surface area contributed by atoms with Crippen molar-refractivity contribution in [2.75, 3.05) is 11.5 Å². The number of hydrogen-bond donors (Lipinski definition) is 1. The highest BCUT2D eigenvalue weighted by atomic mass is 19.1. The summed E-state index contributed by atoms with van der Waals surface area (Å²) >= 11 is 0. The zero-order chi connectivity index (χ0) is 25.2. The SMILES string of the molecule is CCOc1ccc(-c2noc(C3=C(C)N(c4cc(F)cc(F)c4)C(=O)NC3c3ccccc3)n2)cc1. The Hall–Kier alpha value is -4.53. The van der Waals surface area contributed by atoms with E-state index in [1.54, 1.807) is 6.92 Å². The normalized spacial score (nSPS) is 15.7. The molecule has 0 radical (unpaired) electrons. The molecule has 0 saturated heterocycles. The molecule has 1 aliphatic rings. The summed E-state index contributed by atoms with van der Waals surface area (Å²) in [5.41, 5.74) is 2.45. The van der Waals surface area contributed by atoms with E-state index in [0.29, 0.717) is 29.3 Å². The molecular weight excluding hydrogens is 466 g/mol. The van der Waals surface area contributed by atoms with Crippen molar-refractivity contribution in [1.82, 2.24) is 15.5 Å². The fourth-order valence-corrected chi connectivity index (χ4v) is 4.21. The van der Waals surface area contributed by atoms with Gasteiger partial charge in [0.2, 0.25) is 5.82 Å². The van der Waals surface area contributed by atoms with Crippen LogP contribution in [0.5, 0.6) is 5.75 Å². The first-order chi connectivity index (χ1) is 17.4. The van der Waals surface area contributed by atoms with Crippen molar-refractivity contribution in [3.63, 3.8) is 0 Å². The molecule has 3 aromatic carbocycles. The number of benzene rings is 3. The van der Waals surface area contributed by atoms with E-state index in [1.165, 1.54) is 4.90 Å². The Bertz CT molecular complexity index is 1410. The molecule has 0 saturated carbocycles. The zero-order valence-electron chi connectivity index (χ0n) is 19.5. The van der Waals surface area contributed by atoms with Crippen LogP contribution in [0.4, 0.5) is 19.3 Å². The number of aromatic nitrogens is 2. The number of hydrogen-bond acceptors (Lipinski definition) is 5. The van der Waals surface area contributed by atoms with Gasteiger partial charge in [0.05, 0.1) is 23.9 Å². The number of allylic oxidation sites excluding steroid dienone is 1. The van der Waals surface area contributed by atoms with Crippen LogP contribution in [0.3, 0.4) is 0 Å². The van der Waals surface area contributed by atoms with Gasteiger partial charge in [-0.2, -0.15) is 4.98 Å². The van der Waals surface area contributed by atoms with E-state index >= 15 is 0 Å². The number of nitrogens with one attached hydrogen (secondary N) is 1. The van der Waals surface area contributed by atoms with Gasteiger partial charge in [-0.3, -0.25) is 4.90 Å². The smallest absolute Gasteiger partial charge is 0.327 e. The monoisotopic (exact) mass is 488 g/mol. The van der Waals surface area contributed by atoms with Crippen LogP contribution in [-0.2, 0) is 0 Å². The number of amides is 2. The summed E-state index contributed by atoms with van der Waals surface area (Å²) in [5.74, 6) is -0.353. The quantitative estimate of drug-likeness (QED) is 0.354. The van der Waals surface area contributed by atoms with Crippen LogP contribution in [0.15, 0.2) is 83.0 Å². The highest BCUT2D eigenvalue weighted by molar-refractivity contribution is 6.01. The largest absolute Gasteiger partial charge is 0.494 e. The molecule has 1 unspecified atom stereocenters. The van der Waals surface area contributed by atoms with Crippen molar-refractivity contribution in [1.29, 1.82) is 0 Å². The number of anilines is 1. The lowest BCUT2D eigenvalue weighted by atomic mass is 9.94. The number of carbonyl (C=O) groups excluding carboxylic acids is 1. The molecule has 0 fully saturated rings. The first-order valence-electron chi connectivity index (χ1n) is 11.3. The van der Waals surface area contributed by atoms with Crippen molar-refractivity contribution in [3.8, 4) is 17.1 Å². The second kappa shape index (κ2) is 9.61. The molecule has 7 nitrogen and oxygen atoms in total. The molecule has 36 heavy (non-hydrogen) atoms. The highest BCUT2D eigenvalue weighted by Crippen LogP contribution is 2.39. The third-order valence-electron chi connectivity index (χ3n) is 5.80. The molecule has 2 heterocycles. The van der Waals surface area contributed by atoms with Crippen molar-refractivity contribution in [2.24, 2.45) is 0 Å². The summed E-state index contributed by atoms with van der Waals surface area (Å²) in [4.78, 5) is 18.9. The van der Waals surface area contributed by atoms with Gasteiger partial charge in [0.25, 0.3) is 5.89 Å². The third kappa shape index (κ3) is 4.43. The molecule has 0 bridgehead atoms. The summed E-state index contributed by atoms with van der Waals surface area (Å²) < 4.78 is 39.1. The molecular formula is C27H22F2N4O3. The van der Waals surface area contributed by atoms with Crippen molar-refractivity contribution >= 4 is 17.3 Å². The number of carbonyl (C=O) groups is 1. The fourth-order valence-electron chi connectivity index (χ4n) is 4.21. The first-order valence-corrected chi connectivity index (χ1v) is 11.3. The van der Waals surface area contributed by atoms with E-state index in [1.807, 2.05) is 61.5 Å². The van der Waals surface area contributed by atoms with Crippen LogP contribution in [0.1, 0.15) is 31.3 Å². The van der Waals surface area contributed by atoms with Gasteiger partial charge in [0.1, 0.15) is 17.4 Å². The summed E-state index contributed by atoms with van der Waals surface area (Å²) in [6.07, 6.45) is 0. The molecule has 182 valence electrons. The van der Waals surface area contributed by atoms with E-state index in [0.717, 1.165) is 29.5 Å². The van der Waals surface area contributed by atoms with Gasteiger partial charge < -0.3 is 14.6 Å². The minimum atomic E-state index is -0.798. The molecule has 4 aromatic rings. The lowest BCUT2D eigenvalue weighted by Gasteiger charge is -2.35. The van der Waals surface area contributed by atoms with Crippen LogP contribution in [-0.4, -0.2) is 22.8 Å². The van der Waals surface area contributed by atoms with Crippen molar-refractivity contribution < 1.29 is 22.8 Å². The van der Waals surface area contributed by atoms with Gasteiger partial charge in [-0.1, -0.05) is 35.5 Å². The molecule has 2 amide bonds. The zero-order valence-corrected chi connectivity index (χ0v) is 19.5. The van der Waals surface area contributed by atoms with E-state index in [-0.39, 0.29) is 11.6 Å². The lowest BCUT2D eigenvalue weighted by molar-refractivity contribution is 0.244. The number of urea groups is 1. The van der Waals surface area contributed by atoms with Gasteiger partial charge in [-0.25, -0.2) is 13.6 Å². The van der Waals surface area contributed by atoms with Crippen molar-refractivity contribution in [2.45, 2.75) is 19.9 Å². The Labute approximate surface area is 206 Å². The van der Waals surface area contributed by atoms with Crippen LogP contribution in [0.25, 0.3) is 17.0 Å². The van der Waals surface area contributed by atoms with Crippen LogP contribution >= 0.6 is 0 Å². The van der Waals surface area contributed by atoms with Crippen molar-refractivity contribution in [3.05, 3.63) is 102 Å². The van der Waals surface area contributed by atoms with E-state index < -0.39 is 23.7 Å². The van der Waals surface area contributed by atoms with Crippen LogP contribution in [0.2, 0.25) is 0 Å². The molecule has 1 N–H and O–H groups in total. The van der Waals surface area contributed by atoms with Gasteiger partial charge in [-0.05, 0) is 55.8 Å². The predicted octanol–water partition coefficient (Wildman–Crippen LogP) is 6.12. The van der Waals surface area contributed by atoms with Crippen LogP contribution < -0.4 is 15.0 Å². The van der Waals surface area contributed by atoms with Crippen LogP contribution in [0, 0.1) is 11.6 Å². The molecule has 1 atom stereocenters. The molecule has 9 heteroatoms. The standard InChI is InChI=1S/C27H22F2N4O3/c1-3-35-22-11-9-18(10-12-22)25-31-26(36-32-25)23-16(2)33(21-14-19(28)13-20(29)15-21)27(34)30-24(23)17-7-5-4-6-8-17/h4-15,24H,3H2,1-2H3,(H,30,34). The number of ether oxygens (including phenoxy) is 1. The fraction of sp³-hybridized carbons (Fsp3) is 0.148. The van der Waals surface area contributed by atoms with Gasteiger partial charge in [0, 0.05) is 17.3 Å². The minimum absolute atomic E-state index is 0.0396. The Balaban J connectivity index is 1.61. The Morgan fingerprint density at radius 2 is 1.72 bits per heavy atom. The molecule has 0 aliphatic carbocycles. The van der Waals surface area contributed by atoms with E-state index in [9.17, 15) is 13.6 Å². The summed E-state index contributed by atoms with van der Waals surface area (Å²) in [7, 11) is 0. The summed E-state index contributed by atoms with van der Waals surface area (Å²) in [6.45, 7) is 4.13. The van der Waals surface area contributed by atoms with Gasteiger partial charge in [0.15, 0.2) is 0 Å². The van der Waals surface area contributed by atoms with E-state index in [4.69, 9.17) is 9.26 Å². The lowest BCUT2D eigenvalue weighted by Crippen LogP contribution is -2.46. The topological polar surface area (TPSA) is 80.5 Å². The predicted molar refractivity (Wildman–Crippen MR) is 130 cm³/mol. The second-order valence-corrected chi connectivity index (χ2v) is 8.14. The molecule has 0 spiro atoms. The summed E-state index contributed by atoms with van der Waals surface area (Å²) in [5, 5.41) is 7.04. The first kappa shape index (κ1) is 23.2. The maximum Gasteiger partial charge on any atom is 0.327 e. The Morgan fingerprint density at radius 3 is 2.39 bits per heavy atom.